The van der Waals surface area contributed by atoms with Crippen molar-refractivity contribution in [2.45, 2.75) is 0 Å². The number of pyridine rings is 1. The van der Waals surface area contributed by atoms with Crippen molar-refractivity contribution in [3.8, 4) is 0 Å². The molecule has 1 aromatic carbocycles. The summed E-state index contributed by atoms with van der Waals surface area (Å²) in [7, 11) is 0. The second-order valence-electron chi connectivity index (χ2n) is 3.11. The molecule has 2 aromatic rings. The lowest BCUT2D eigenvalue weighted by Gasteiger charge is -1.99. The number of para-hydroxylation sites is 1. The molecule has 16 heavy (non-hydrogen) atoms. The number of hydrogen-bond donors (Lipinski definition) is 1. The van der Waals surface area contributed by atoms with E-state index in [9.17, 15) is 14.9 Å². The smallest absolute Gasteiger partial charge is 0.378 e. The van der Waals surface area contributed by atoms with Gasteiger partial charge in [0.05, 0.1) is 0 Å². The van der Waals surface area contributed by atoms with Crippen molar-refractivity contribution in [2.24, 2.45) is 0 Å². The third kappa shape index (κ3) is 1.56. The molecule has 0 bridgehead atoms. The molecule has 0 atom stereocenters. The Morgan fingerprint density at radius 2 is 2.06 bits per heavy atom. The molecule has 0 saturated heterocycles. The van der Waals surface area contributed by atoms with E-state index in [0.717, 1.165) is 0 Å². The number of carboxylic acid groups (broad SMARTS) is 1. The maximum absolute atomic E-state index is 10.8. The van der Waals surface area contributed by atoms with Crippen LogP contribution >= 0.6 is 0 Å². The zero-order chi connectivity index (χ0) is 11.7. The third-order valence-corrected chi connectivity index (χ3v) is 2.11. The van der Waals surface area contributed by atoms with Gasteiger partial charge in [-0.05, 0) is 22.0 Å². The van der Waals surface area contributed by atoms with Gasteiger partial charge in [-0.3, -0.25) is 0 Å². The van der Waals surface area contributed by atoms with Gasteiger partial charge < -0.3 is 15.2 Å². The fourth-order valence-corrected chi connectivity index (χ4v) is 1.40. The van der Waals surface area contributed by atoms with Crippen LogP contribution in [0, 0.1) is 10.1 Å². The first kappa shape index (κ1) is 10.0. The molecule has 0 spiro atoms. The minimum Gasteiger partial charge on any atom is -0.477 e. The Hall–Kier alpha value is -2.50. The quantitative estimate of drug-likeness (QED) is 0.613. The standard InChI is InChI=1S/C10H6N2O4/c13-10(14)7-5-6-3-1-2-4-8(6)11-9(7)12(15)16/h1-5H,(H,13,14). The van der Waals surface area contributed by atoms with E-state index < -0.39 is 22.3 Å². The lowest BCUT2D eigenvalue weighted by atomic mass is 10.1. The molecular weight excluding hydrogens is 212 g/mol. The Labute approximate surface area is 89.3 Å². The number of nitro groups is 1. The summed E-state index contributed by atoms with van der Waals surface area (Å²) < 4.78 is 0. The molecule has 2 rings (SSSR count). The van der Waals surface area contributed by atoms with Crippen molar-refractivity contribution >= 4 is 22.7 Å². The minimum atomic E-state index is -1.36. The Bertz CT molecular complexity index is 542. The number of fused-ring (bicyclic) bond motifs is 1. The van der Waals surface area contributed by atoms with Crippen LogP contribution in [0.5, 0.6) is 0 Å². The van der Waals surface area contributed by atoms with E-state index in [1.807, 2.05) is 0 Å². The number of carbonyl (C=O) groups is 1. The Kier molecular flexibility index (Phi) is 2.24. The number of aromatic nitrogens is 1. The SMILES string of the molecule is O=C(O)c1cc2ccccc2nc1[N+](=O)[O-]. The van der Waals surface area contributed by atoms with Gasteiger partial charge in [0.15, 0.2) is 11.1 Å². The van der Waals surface area contributed by atoms with Crippen LogP contribution in [0.25, 0.3) is 10.9 Å². The van der Waals surface area contributed by atoms with E-state index >= 15 is 0 Å². The van der Waals surface area contributed by atoms with E-state index in [1.165, 1.54) is 6.07 Å². The van der Waals surface area contributed by atoms with Crippen molar-refractivity contribution in [1.82, 2.24) is 4.98 Å². The predicted octanol–water partition coefficient (Wildman–Crippen LogP) is 1.84. The molecule has 1 aromatic heterocycles. The number of benzene rings is 1. The zero-order valence-electron chi connectivity index (χ0n) is 7.95. The highest BCUT2D eigenvalue weighted by molar-refractivity contribution is 5.96. The molecule has 0 radical (unpaired) electrons. The van der Waals surface area contributed by atoms with E-state index in [2.05, 4.69) is 4.98 Å². The molecule has 0 aliphatic carbocycles. The van der Waals surface area contributed by atoms with Crippen LogP contribution in [0.15, 0.2) is 30.3 Å². The molecule has 0 saturated carbocycles. The van der Waals surface area contributed by atoms with E-state index in [0.29, 0.717) is 10.9 Å². The number of carboxylic acids is 1. The van der Waals surface area contributed by atoms with Gasteiger partial charge in [0.1, 0.15) is 0 Å². The number of rotatable bonds is 2. The molecular formula is C10H6N2O4. The van der Waals surface area contributed by atoms with Gasteiger partial charge in [-0.25, -0.2) is 4.79 Å². The first-order chi connectivity index (χ1) is 7.59. The Balaban J connectivity index is 2.81. The van der Waals surface area contributed by atoms with Gasteiger partial charge in [0, 0.05) is 5.39 Å². The highest BCUT2D eigenvalue weighted by atomic mass is 16.6. The first-order valence-electron chi connectivity index (χ1n) is 4.37. The maximum Gasteiger partial charge on any atom is 0.378 e. The number of hydrogen-bond acceptors (Lipinski definition) is 4. The summed E-state index contributed by atoms with van der Waals surface area (Å²) in [6, 6.07) is 7.89. The molecule has 0 unspecified atom stereocenters. The summed E-state index contributed by atoms with van der Waals surface area (Å²) in [6.45, 7) is 0. The van der Waals surface area contributed by atoms with Crippen LogP contribution in [0.2, 0.25) is 0 Å². The second-order valence-corrected chi connectivity index (χ2v) is 3.11. The van der Waals surface area contributed by atoms with Crippen LogP contribution in [0.3, 0.4) is 0 Å². The molecule has 6 heteroatoms. The minimum absolute atomic E-state index is 0.399. The molecule has 0 amide bonds. The third-order valence-electron chi connectivity index (χ3n) is 2.11. The lowest BCUT2D eigenvalue weighted by Crippen LogP contribution is -2.04. The van der Waals surface area contributed by atoms with Gasteiger partial charge in [0.25, 0.3) is 0 Å². The van der Waals surface area contributed by atoms with Crippen LogP contribution < -0.4 is 0 Å². The maximum atomic E-state index is 10.8. The molecule has 0 aliphatic rings. The van der Waals surface area contributed by atoms with E-state index in [-0.39, 0.29) is 0 Å². The summed E-state index contributed by atoms with van der Waals surface area (Å²) >= 11 is 0. The van der Waals surface area contributed by atoms with Gasteiger partial charge in [-0.2, -0.15) is 0 Å². The Morgan fingerprint density at radius 1 is 1.38 bits per heavy atom. The van der Waals surface area contributed by atoms with Gasteiger partial charge in [0.2, 0.25) is 0 Å². The molecule has 0 fully saturated rings. The van der Waals surface area contributed by atoms with Gasteiger partial charge in [-0.1, -0.05) is 18.2 Å². The van der Waals surface area contributed by atoms with Crippen molar-refractivity contribution < 1.29 is 14.8 Å². The second kappa shape index (κ2) is 3.58. The summed E-state index contributed by atoms with van der Waals surface area (Å²) in [4.78, 5) is 24.4. The van der Waals surface area contributed by atoms with Crippen molar-refractivity contribution in [3.63, 3.8) is 0 Å². The molecule has 1 heterocycles. The number of nitrogens with zero attached hydrogens (tertiary/aromatic N) is 2. The topological polar surface area (TPSA) is 93.3 Å². The van der Waals surface area contributed by atoms with E-state index in [4.69, 9.17) is 5.11 Å². The highest BCUT2D eigenvalue weighted by Crippen LogP contribution is 2.21. The van der Waals surface area contributed by atoms with Crippen LogP contribution in [-0.2, 0) is 0 Å². The molecule has 0 aliphatic heterocycles. The fraction of sp³-hybridized carbons (Fsp3) is 0. The molecule has 1 N–H and O–H groups in total. The average Bonchev–Trinajstić information content (AvgIpc) is 2.27. The van der Waals surface area contributed by atoms with Crippen LogP contribution in [0.4, 0.5) is 5.82 Å². The van der Waals surface area contributed by atoms with Crippen LogP contribution in [0.1, 0.15) is 10.4 Å². The predicted molar refractivity (Wildman–Crippen MR) is 55.4 cm³/mol. The van der Waals surface area contributed by atoms with Crippen molar-refractivity contribution in [2.75, 3.05) is 0 Å². The zero-order valence-corrected chi connectivity index (χ0v) is 7.95. The monoisotopic (exact) mass is 218 g/mol. The molecule has 6 nitrogen and oxygen atoms in total. The van der Waals surface area contributed by atoms with Gasteiger partial charge in [-0.15, -0.1) is 0 Å². The largest absolute Gasteiger partial charge is 0.477 e. The number of aromatic carboxylic acids is 1. The summed E-state index contributed by atoms with van der Waals surface area (Å²) in [5.41, 5.74) is 0.00269. The summed E-state index contributed by atoms with van der Waals surface area (Å²) in [6.07, 6.45) is 0. The van der Waals surface area contributed by atoms with Crippen molar-refractivity contribution in [3.05, 3.63) is 46.0 Å². The normalized spacial score (nSPS) is 10.2. The fourth-order valence-electron chi connectivity index (χ4n) is 1.40. The average molecular weight is 218 g/mol. The first-order valence-corrected chi connectivity index (χ1v) is 4.37. The summed E-state index contributed by atoms with van der Waals surface area (Å²) in [5, 5.41) is 20.0. The van der Waals surface area contributed by atoms with E-state index in [1.54, 1.807) is 24.3 Å². The van der Waals surface area contributed by atoms with Gasteiger partial charge >= 0.3 is 11.8 Å². The Morgan fingerprint density at radius 3 is 2.69 bits per heavy atom. The summed E-state index contributed by atoms with van der Waals surface area (Å²) in [5.74, 6) is -1.99. The highest BCUT2D eigenvalue weighted by Gasteiger charge is 2.22. The van der Waals surface area contributed by atoms with Crippen LogP contribution in [-0.4, -0.2) is 21.0 Å². The van der Waals surface area contributed by atoms with Crippen molar-refractivity contribution in [1.29, 1.82) is 0 Å². The lowest BCUT2D eigenvalue weighted by molar-refractivity contribution is -0.389. The molecule has 80 valence electrons.